The van der Waals surface area contributed by atoms with Crippen molar-refractivity contribution in [1.82, 2.24) is 4.90 Å². The molecule has 1 unspecified atom stereocenters. The maximum atomic E-state index is 13.7. The van der Waals surface area contributed by atoms with Crippen molar-refractivity contribution in [3.63, 3.8) is 0 Å². The molecule has 0 radical (unpaired) electrons. The Morgan fingerprint density at radius 2 is 1.68 bits per heavy atom. The Kier molecular flexibility index (Phi) is 7.58. The van der Waals surface area contributed by atoms with E-state index in [1.807, 2.05) is 12.1 Å². The third-order valence-corrected chi connectivity index (χ3v) is 6.73. The number of nitrogens with one attached hydrogen (secondary N) is 1. The minimum Gasteiger partial charge on any atom is -0.495 e. The number of hydrogen-bond acceptors (Lipinski definition) is 11. The molecule has 0 aromatic heterocycles. The number of ether oxygens (including phenoxy) is 5. The van der Waals surface area contributed by atoms with Crippen LogP contribution in [0.3, 0.4) is 0 Å². The first-order valence-electron chi connectivity index (χ1n) is 11.0. The Balaban J connectivity index is 1.83. The summed E-state index contributed by atoms with van der Waals surface area (Å²) in [6, 6.07) is 9.66. The Hall–Kier alpha value is -4.19. The molecule has 37 heavy (non-hydrogen) atoms. The zero-order valence-corrected chi connectivity index (χ0v) is 22.0. The highest BCUT2D eigenvalue weighted by molar-refractivity contribution is 8.29. The van der Waals surface area contributed by atoms with E-state index in [1.165, 1.54) is 33.3 Å². The zero-order chi connectivity index (χ0) is 26.7. The molecule has 4 rings (SSSR count). The summed E-state index contributed by atoms with van der Waals surface area (Å²) in [6.45, 7) is 1.68. The summed E-state index contributed by atoms with van der Waals surface area (Å²) in [5.74, 6) is 0.533. The van der Waals surface area contributed by atoms with E-state index in [0.717, 1.165) is 11.8 Å². The molecule has 0 bridgehead atoms. The standard InChI is InChI=1S/C25H26N4O7S/c1-13-18(24(31)36-6)19(14-11-12-17(33-3)21(35-5)20(14)34-4)29-23(30)22(37-25(29)26-13)28-27-15-9-7-8-10-16(15)32-2/h7-12,19,27H,1-6H3/b28-22-. The van der Waals surface area contributed by atoms with Crippen LogP contribution in [0.1, 0.15) is 18.5 Å². The van der Waals surface area contributed by atoms with Crippen LogP contribution in [-0.4, -0.2) is 62.5 Å². The third kappa shape index (κ3) is 4.55. The molecular weight excluding hydrogens is 500 g/mol. The van der Waals surface area contributed by atoms with E-state index in [2.05, 4.69) is 15.5 Å². The minimum atomic E-state index is -0.923. The second kappa shape index (κ2) is 10.8. The molecule has 2 aromatic carbocycles. The molecule has 1 saturated heterocycles. The molecule has 0 spiro atoms. The van der Waals surface area contributed by atoms with E-state index in [1.54, 1.807) is 38.3 Å². The predicted octanol–water partition coefficient (Wildman–Crippen LogP) is 3.58. The monoisotopic (exact) mass is 526 g/mol. The lowest BCUT2D eigenvalue weighted by molar-refractivity contribution is -0.137. The summed E-state index contributed by atoms with van der Waals surface area (Å²) in [7, 11) is 7.27. The summed E-state index contributed by atoms with van der Waals surface area (Å²) in [4.78, 5) is 32.6. The van der Waals surface area contributed by atoms with Crippen molar-refractivity contribution in [2.24, 2.45) is 10.1 Å². The van der Waals surface area contributed by atoms with Crippen molar-refractivity contribution in [3.8, 4) is 23.0 Å². The fraction of sp³-hybridized carbons (Fsp3) is 0.280. The number of rotatable bonds is 8. The molecule has 0 saturated carbocycles. The molecule has 12 heteroatoms. The van der Waals surface area contributed by atoms with Gasteiger partial charge in [0.15, 0.2) is 21.7 Å². The van der Waals surface area contributed by atoms with Gasteiger partial charge in [-0.15, -0.1) is 0 Å². The van der Waals surface area contributed by atoms with Gasteiger partial charge in [-0.05, 0) is 43.0 Å². The second-order valence-electron chi connectivity index (χ2n) is 7.72. The van der Waals surface area contributed by atoms with Gasteiger partial charge in [-0.3, -0.25) is 15.1 Å². The van der Waals surface area contributed by atoms with Crippen LogP contribution < -0.4 is 24.4 Å². The number of aliphatic imine (C=N–C) groups is 1. The summed E-state index contributed by atoms with van der Waals surface area (Å²) < 4.78 is 27.0. The highest BCUT2D eigenvalue weighted by Crippen LogP contribution is 2.49. The average molecular weight is 527 g/mol. The highest BCUT2D eigenvalue weighted by atomic mass is 32.2. The SMILES string of the molecule is COC(=O)C1=C(C)N=C2S/C(=N\Nc3ccccc3OC)C(=O)N2C1c1ccc(OC)c(OC)c1OC. The van der Waals surface area contributed by atoms with E-state index < -0.39 is 17.9 Å². The average Bonchev–Trinajstić information content (AvgIpc) is 3.24. The molecule has 2 aliphatic heterocycles. The molecule has 2 aromatic rings. The number of benzene rings is 2. The van der Waals surface area contributed by atoms with Crippen LogP contribution in [0.5, 0.6) is 23.0 Å². The van der Waals surface area contributed by atoms with E-state index in [0.29, 0.717) is 45.1 Å². The summed E-state index contributed by atoms with van der Waals surface area (Å²) >= 11 is 1.08. The van der Waals surface area contributed by atoms with Gasteiger partial charge in [0.2, 0.25) is 5.75 Å². The lowest BCUT2D eigenvalue weighted by Gasteiger charge is -2.33. The third-order valence-electron chi connectivity index (χ3n) is 5.80. The van der Waals surface area contributed by atoms with Gasteiger partial charge in [-0.1, -0.05) is 12.1 Å². The summed E-state index contributed by atoms with van der Waals surface area (Å²) in [6.07, 6.45) is 0. The van der Waals surface area contributed by atoms with Crippen molar-refractivity contribution in [2.45, 2.75) is 13.0 Å². The number of allylic oxidation sites excluding steroid dienone is 1. The normalized spacial score (nSPS) is 17.8. The lowest BCUT2D eigenvalue weighted by atomic mass is 9.93. The van der Waals surface area contributed by atoms with Crippen molar-refractivity contribution >= 4 is 39.5 Å². The zero-order valence-electron chi connectivity index (χ0n) is 21.1. The number of amidine groups is 1. The van der Waals surface area contributed by atoms with Gasteiger partial charge < -0.3 is 23.7 Å². The first kappa shape index (κ1) is 25.9. The number of methoxy groups -OCH3 is 5. The number of para-hydroxylation sites is 2. The van der Waals surface area contributed by atoms with Crippen molar-refractivity contribution in [3.05, 3.63) is 53.2 Å². The smallest absolute Gasteiger partial charge is 0.338 e. The van der Waals surface area contributed by atoms with Gasteiger partial charge >= 0.3 is 5.97 Å². The minimum absolute atomic E-state index is 0.132. The number of carbonyl (C=O) groups excluding carboxylic acids is 2. The fourth-order valence-corrected chi connectivity index (χ4v) is 5.05. The number of nitrogens with zero attached hydrogens (tertiary/aromatic N) is 3. The molecule has 2 heterocycles. The van der Waals surface area contributed by atoms with Crippen LogP contribution in [0.4, 0.5) is 5.69 Å². The molecule has 0 aliphatic carbocycles. The molecule has 1 amide bonds. The Morgan fingerprint density at radius 3 is 2.32 bits per heavy atom. The second-order valence-corrected chi connectivity index (χ2v) is 8.67. The number of fused-ring (bicyclic) bond motifs is 1. The maximum Gasteiger partial charge on any atom is 0.338 e. The predicted molar refractivity (Wildman–Crippen MR) is 139 cm³/mol. The van der Waals surface area contributed by atoms with E-state index in [-0.39, 0.29) is 10.6 Å². The maximum absolute atomic E-state index is 13.7. The first-order valence-corrected chi connectivity index (χ1v) is 11.9. The number of esters is 1. The van der Waals surface area contributed by atoms with Gasteiger partial charge in [-0.25, -0.2) is 9.79 Å². The van der Waals surface area contributed by atoms with Crippen LogP contribution in [-0.2, 0) is 14.3 Å². The van der Waals surface area contributed by atoms with Gasteiger partial charge in [-0.2, -0.15) is 5.10 Å². The van der Waals surface area contributed by atoms with Crippen LogP contribution in [0.25, 0.3) is 0 Å². The molecule has 1 N–H and O–H groups in total. The summed E-state index contributed by atoms with van der Waals surface area (Å²) in [5.41, 5.74) is 4.54. The molecule has 1 fully saturated rings. The molecule has 194 valence electrons. The molecular formula is C25H26N4O7S. The van der Waals surface area contributed by atoms with E-state index in [4.69, 9.17) is 23.7 Å². The van der Waals surface area contributed by atoms with Crippen LogP contribution in [0.2, 0.25) is 0 Å². The van der Waals surface area contributed by atoms with E-state index in [9.17, 15) is 9.59 Å². The molecule has 11 nitrogen and oxygen atoms in total. The van der Waals surface area contributed by atoms with Gasteiger partial charge in [0.1, 0.15) is 11.8 Å². The fourth-order valence-electron chi connectivity index (χ4n) is 4.13. The Labute approximate surface area is 218 Å². The van der Waals surface area contributed by atoms with E-state index >= 15 is 0 Å². The van der Waals surface area contributed by atoms with Crippen LogP contribution in [0, 0.1) is 0 Å². The number of hydrogen-bond donors (Lipinski definition) is 1. The van der Waals surface area contributed by atoms with Crippen molar-refractivity contribution in [2.75, 3.05) is 41.0 Å². The van der Waals surface area contributed by atoms with Gasteiger partial charge in [0.05, 0.1) is 52.5 Å². The summed E-state index contributed by atoms with van der Waals surface area (Å²) in [5, 5.41) is 4.81. The van der Waals surface area contributed by atoms with Crippen LogP contribution in [0.15, 0.2) is 57.8 Å². The topological polar surface area (TPSA) is 120 Å². The van der Waals surface area contributed by atoms with Gasteiger partial charge in [0, 0.05) is 5.56 Å². The molecule has 2 aliphatic rings. The Morgan fingerprint density at radius 1 is 0.973 bits per heavy atom. The highest BCUT2D eigenvalue weighted by Gasteiger charge is 2.48. The lowest BCUT2D eigenvalue weighted by Crippen LogP contribution is -2.40. The molecule has 1 atom stereocenters. The number of hydrazone groups is 1. The van der Waals surface area contributed by atoms with Gasteiger partial charge in [0.25, 0.3) is 5.91 Å². The first-order chi connectivity index (χ1) is 17.9. The van der Waals surface area contributed by atoms with Crippen molar-refractivity contribution < 1.29 is 33.3 Å². The number of anilines is 1. The van der Waals surface area contributed by atoms with Crippen LogP contribution >= 0.6 is 11.8 Å². The number of amides is 1. The van der Waals surface area contributed by atoms with Crippen molar-refractivity contribution in [1.29, 1.82) is 0 Å². The quantitative estimate of drug-likeness (QED) is 0.406. The largest absolute Gasteiger partial charge is 0.495 e. The Bertz CT molecular complexity index is 1340. The number of thioether (sulfide) groups is 1. The number of carbonyl (C=O) groups is 2.